The molecule has 0 unspecified atom stereocenters. The van der Waals surface area contributed by atoms with Crippen molar-refractivity contribution in [3.63, 3.8) is 0 Å². The Morgan fingerprint density at radius 2 is 2.00 bits per heavy atom. The molecular weight excluding hydrogens is 335 g/mol. The molecule has 98 valence electrons. The summed E-state index contributed by atoms with van der Waals surface area (Å²) in [5, 5.41) is 2.86. The Morgan fingerprint density at radius 1 is 1.26 bits per heavy atom. The number of amides is 1. The second-order valence-electron chi connectivity index (χ2n) is 3.82. The van der Waals surface area contributed by atoms with Crippen molar-refractivity contribution in [3.05, 3.63) is 57.3 Å². The molecule has 0 aliphatic heterocycles. The number of hydrogen-bond donors (Lipinski definition) is 2. The topological polar surface area (TPSA) is 55.1 Å². The van der Waals surface area contributed by atoms with Crippen molar-refractivity contribution in [2.75, 3.05) is 11.1 Å². The molecule has 6 heteroatoms. The van der Waals surface area contributed by atoms with Gasteiger partial charge < -0.3 is 11.1 Å². The average Bonchev–Trinajstić information content (AvgIpc) is 2.36. The minimum absolute atomic E-state index is 0.0678. The molecule has 3 nitrogen and oxygen atoms in total. The fourth-order valence-corrected chi connectivity index (χ4v) is 1.89. The summed E-state index contributed by atoms with van der Waals surface area (Å²) >= 11 is 9.12. The van der Waals surface area contributed by atoms with E-state index in [1.54, 1.807) is 12.1 Å². The Morgan fingerprint density at radius 3 is 2.63 bits per heavy atom. The van der Waals surface area contributed by atoms with Gasteiger partial charge in [0.2, 0.25) is 0 Å². The van der Waals surface area contributed by atoms with Crippen molar-refractivity contribution < 1.29 is 9.18 Å². The summed E-state index contributed by atoms with van der Waals surface area (Å²) in [5.74, 6) is -1.03. The van der Waals surface area contributed by atoms with E-state index < -0.39 is 11.7 Å². The highest BCUT2D eigenvalue weighted by Gasteiger charge is 2.10. The molecule has 2 aromatic carbocycles. The molecule has 0 heterocycles. The smallest absolute Gasteiger partial charge is 0.255 e. The highest BCUT2D eigenvalue weighted by Crippen LogP contribution is 2.24. The van der Waals surface area contributed by atoms with Gasteiger partial charge in [-0.25, -0.2) is 4.39 Å². The van der Waals surface area contributed by atoms with E-state index in [0.29, 0.717) is 20.7 Å². The van der Waals surface area contributed by atoms with Crippen LogP contribution in [0.2, 0.25) is 5.02 Å². The molecule has 0 saturated heterocycles. The standard InChI is InChI=1S/C13H9BrClFN2O/c14-9-3-1-7(5-10(9)15)13(19)18-12-4-2-8(17)6-11(12)16/h1-6H,17H2,(H,18,19). The van der Waals surface area contributed by atoms with Gasteiger partial charge >= 0.3 is 0 Å². The zero-order chi connectivity index (χ0) is 14.0. The van der Waals surface area contributed by atoms with Crippen LogP contribution in [0.15, 0.2) is 40.9 Å². The molecule has 0 atom stereocenters. The monoisotopic (exact) mass is 342 g/mol. The first-order chi connectivity index (χ1) is 8.97. The summed E-state index contributed by atoms with van der Waals surface area (Å²) in [6.07, 6.45) is 0. The van der Waals surface area contributed by atoms with Gasteiger partial charge in [-0.1, -0.05) is 11.6 Å². The van der Waals surface area contributed by atoms with Crippen LogP contribution in [0.1, 0.15) is 10.4 Å². The Balaban J connectivity index is 2.23. The van der Waals surface area contributed by atoms with E-state index in [4.69, 9.17) is 17.3 Å². The molecule has 0 aliphatic carbocycles. The van der Waals surface area contributed by atoms with Crippen molar-refractivity contribution in [1.29, 1.82) is 0 Å². The van der Waals surface area contributed by atoms with Crippen LogP contribution in [0.4, 0.5) is 15.8 Å². The van der Waals surface area contributed by atoms with E-state index in [0.717, 1.165) is 6.07 Å². The summed E-state index contributed by atoms with van der Waals surface area (Å²) < 4.78 is 14.2. The van der Waals surface area contributed by atoms with E-state index in [-0.39, 0.29) is 5.69 Å². The Labute approximate surface area is 122 Å². The fourth-order valence-electron chi connectivity index (χ4n) is 1.46. The summed E-state index contributed by atoms with van der Waals surface area (Å²) in [4.78, 5) is 11.9. The summed E-state index contributed by atoms with van der Waals surface area (Å²) in [6.45, 7) is 0. The summed E-state index contributed by atoms with van der Waals surface area (Å²) in [7, 11) is 0. The summed E-state index contributed by atoms with van der Waals surface area (Å²) in [6, 6.07) is 8.79. The highest BCUT2D eigenvalue weighted by atomic mass is 79.9. The molecule has 0 aliphatic rings. The van der Waals surface area contributed by atoms with E-state index in [1.165, 1.54) is 18.2 Å². The van der Waals surface area contributed by atoms with Gasteiger partial charge in [0.1, 0.15) is 5.82 Å². The molecule has 2 aromatic rings. The zero-order valence-corrected chi connectivity index (χ0v) is 11.9. The lowest BCUT2D eigenvalue weighted by Gasteiger charge is -2.07. The van der Waals surface area contributed by atoms with Gasteiger partial charge in [-0.05, 0) is 52.3 Å². The third kappa shape index (κ3) is 3.24. The molecule has 0 radical (unpaired) electrons. The van der Waals surface area contributed by atoms with Gasteiger partial charge in [-0.3, -0.25) is 4.79 Å². The van der Waals surface area contributed by atoms with E-state index in [2.05, 4.69) is 21.2 Å². The molecule has 0 bridgehead atoms. The van der Waals surface area contributed by atoms with Gasteiger partial charge in [0.05, 0.1) is 10.7 Å². The number of benzene rings is 2. The second-order valence-corrected chi connectivity index (χ2v) is 5.08. The highest BCUT2D eigenvalue weighted by molar-refractivity contribution is 9.10. The Hall–Kier alpha value is -1.59. The van der Waals surface area contributed by atoms with Gasteiger partial charge in [-0.15, -0.1) is 0 Å². The zero-order valence-electron chi connectivity index (χ0n) is 9.58. The molecule has 0 aromatic heterocycles. The molecular formula is C13H9BrClFN2O. The number of nitrogens with one attached hydrogen (secondary N) is 1. The number of rotatable bonds is 2. The normalized spacial score (nSPS) is 10.3. The van der Waals surface area contributed by atoms with Gasteiger partial charge in [0.25, 0.3) is 5.91 Å². The number of nitrogens with two attached hydrogens (primary N) is 1. The van der Waals surface area contributed by atoms with Crippen LogP contribution in [-0.2, 0) is 0 Å². The molecule has 19 heavy (non-hydrogen) atoms. The van der Waals surface area contributed by atoms with Crippen LogP contribution < -0.4 is 11.1 Å². The third-order valence-electron chi connectivity index (χ3n) is 2.42. The van der Waals surface area contributed by atoms with Crippen LogP contribution >= 0.6 is 27.5 Å². The van der Waals surface area contributed by atoms with Crippen LogP contribution in [-0.4, -0.2) is 5.91 Å². The average molecular weight is 344 g/mol. The second kappa shape index (κ2) is 5.59. The van der Waals surface area contributed by atoms with Crippen LogP contribution in [0.5, 0.6) is 0 Å². The van der Waals surface area contributed by atoms with Gasteiger partial charge in [0, 0.05) is 15.7 Å². The molecule has 1 amide bonds. The maximum Gasteiger partial charge on any atom is 0.255 e. The number of nitrogen functional groups attached to an aromatic ring is 1. The minimum atomic E-state index is -0.587. The number of carbonyl (C=O) groups is 1. The van der Waals surface area contributed by atoms with Crippen LogP contribution in [0.25, 0.3) is 0 Å². The van der Waals surface area contributed by atoms with Crippen LogP contribution in [0.3, 0.4) is 0 Å². The Bertz CT molecular complexity index is 649. The van der Waals surface area contributed by atoms with E-state index in [1.807, 2.05) is 0 Å². The predicted octanol–water partition coefficient (Wildman–Crippen LogP) is 4.08. The lowest BCUT2D eigenvalue weighted by atomic mass is 10.2. The molecule has 0 fully saturated rings. The van der Waals surface area contributed by atoms with Gasteiger partial charge in [0.15, 0.2) is 0 Å². The van der Waals surface area contributed by atoms with E-state index >= 15 is 0 Å². The quantitative estimate of drug-likeness (QED) is 0.807. The predicted molar refractivity (Wildman–Crippen MR) is 77.9 cm³/mol. The van der Waals surface area contributed by atoms with Crippen LogP contribution in [0, 0.1) is 5.82 Å². The van der Waals surface area contributed by atoms with E-state index in [9.17, 15) is 9.18 Å². The van der Waals surface area contributed by atoms with Crippen molar-refractivity contribution >= 4 is 44.8 Å². The SMILES string of the molecule is Nc1ccc(NC(=O)c2ccc(Br)c(Cl)c2)c(F)c1. The van der Waals surface area contributed by atoms with Crippen molar-refractivity contribution in [2.24, 2.45) is 0 Å². The number of halogens is 3. The molecule has 0 spiro atoms. The molecule has 2 rings (SSSR count). The van der Waals surface area contributed by atoms with Crippen molar-refractivity contribution in [1.82, 2.24) is 0 Å². The third-order valence-corrected chi connectivity index (χ3v) is 3.66. The van der Waals surface area contributed by atoms with Gasteiger partial charge in [-0.2, -0.15) is 0 Å². The minimum Gasteiger partial charge on any atom is -0.399 e. The van der Waals surface area contributed by atoms with Crippen molar-refractivity contribution in [2.45, 2.75) is 0 Å². The largest absolute Gasteiger partial charge is 0.399 e. The number of carbonyl (C=O) groups excluding carboxylic acids is 1. The lowest BCUT2D eigenvalue weighted by molar-refractivity contribution is 0.102. The summed E-state index contributed by atoms with van der Waals surface area (Å²) in [5.41, 5.74) is 6.13. The maximum absolute atomic E-state index is 13.5. The first kappa shape index (κ1) is 13.8. The number of hydrogen-bond acceptors (Lipinski definition) is 2. The maximum atomic E-state index is 13.5. The Kier molecular flexibility index (Phi) is 4.07. The first-order valence-electron chi connectivity index (χ1n) is 5.29. The number of anilines is 2. The molecule has 3 N–H and O–H groups in total. The molecule has 0 saturated carbocycles. The van der Waals surface area contributed by atoms with Crippen molar-refractivity contribution in [3.8, 4) is 0 Å². The fraction of sp³-hybridized carbons (Fsp3) is 0. The first-order valence-corrected chi connectivity index (χ1v) is 6.46. The lowest BCUT2D eigenvalue weighted by Crippen LogP contribution is -2.13.